The molecule has 3 heteroatoms. The smallest absolute Gasteiger partial charge is 0.227 e. The first kappa shape index (κ1) is 18.6. The molecule has 0 spiro atoms. The maximum Gasteiger partial charge on any atom is 0.227 e. The van der Waals surface area contributed by atoms with Crippen molar-refractivity contribution in [2.75, 3.05) is 0 Å². The van der Waals surface area contributed by atoms with E-state index in [4.69, 9.17) is 4.42 Å². The largest absolute Gasteiger partial charge is 0.437 e. The quantitative estimate of drug-likeness (QED) is 0.295. The van der Waals surface area contributed by atoms with E-state index < -0.39 is 0 Å². The van der Waals surface area contributed by atoms with Crippen LogP contribution >= 0.6 is 0 Å². The molecule has 0 unspecified atom stereocenters. The van der Waals surface area contributed by atoms with E-state index in [2.05, 4.69) is 78.3 Å². The molecule has 3 aromatic heterocycles. The van der Waals surface area contributed by atoms with Crippen molar-refractivity contribution in [3.05, 3.63) is 72.1 Å². The van der Waals surface area contributed by atoms with Gasteiger partial charge in [0.1, 0.15) is 7.05 Å². The van der Waals surface area contributed by atoms with Crippen LogP contribution in [0.5, 0.6) is 0 Å². The first-order chi connectivity index (χ1) is 15.2. The first-order valence-electron chi connectivity index (χ1n) is 11.4. The van der Waals surface area contributed by atoms with Crippen molar-refractivity contribution in [3.8, 4) is 11.3 Å². The molecule has 2 aromatic carbocycles. The normalized spacial score (nSPS) is 15.3. The fourth-order valence-corrected chi connectivity index (χ4v) is 5.41. The molecule has 3 nitrogen and oxygen atoms in total. The van der Waals surface area contributed by atoms with E-state index in [1.54, 1.807) is 0 Å². The lowest BCUT2D eigenvalue weighted by atomic mass is 9.84. The molecule has 0 aliphatic heterocycles. The number of aromatic nitrogens is 2. The molecule has 1 fully saturated rings. The van der Waals surface area contributed by atoms with Crippen molar-refractivity contribution < 1.29 is 8.98 Å². The number of hydrogen-bond acceptors (Lipinski definition) is 2. The molecule has 1 aliphatic carbocycles. The summed E-state index contributed by atoms with van der Waals surface area (Å²) in [6, 6.07) is 17.6. The van der Waals surface area contributed by atoms with Gasteiger partial charge in [-0.2, -0.15) is 0 Å². The van der Waals surface area contributed by atoms with Crippen LogP contribution in [0.4, 0.5) is 0 Å². The summed E-state index contributed by atoms with van der Waals surface area (Å²) in [5, 5.41) is 4.59. The van der Waals surface area contributed by atoms with E-state index in [9.17, 15) is 0 Å². The number of nitrogens with zero attached hydrogens (tertiary/aromatic N) is 2. The van der Waals surface area contributed by atoms with Crippen molar-refractivity contribution in [2.45, 2.75) is 44.9 Å². The third-order valence-electron chi connectivity index (χ3n) is 7.11. The summed E-state index contributed by atoms with van der Waals surface area (Å²) >= 11 is 0. The highest BCUT2D eigenvalue weighted by atomic mass is 16.3. The Bertz CT molecular complexity index is 1440. The number of fused-ring (bicyclic) bond motifs is 5. The lowest BCUT2D eigenvalue weighted by Crippen LogP contribution is -2.31. The minimum absolute atomic E-state index is 0.675. The Kier molecular flexibility index (Phi) is 4.31. The molecular formula is C28H27N2O+. The van der Waals surface area contributed by atoms with Gasteiger partial charge >= 0.3 is 0 Å². The van der Waals surface area contributed by atoms with Crippen molar-refractivity contribution in [2.24, 2.45) is 7.05 Å². The minimum atomic E-state index is 0.675. The molecule has 0 radical (unpaired) electrons. The molecule has 5 aromatic rings. The second-order valence-electron chi connectivity index (χ2n) is 9.05. The van der Waals surface area contributed by atoms with Crippen molar-refractivity contribution in [1.82, 2.24) is 4.98 Å². The lowest BCUT2D eigenvalue weighted by molar-refractivity contribution is -0.660. The Morgan fingerprint density at radius 1 is 0.968 bits per heavy atom. The predicted molar refractivity (Wildman–Crippen MR) is 126 cm³/mol. The van der Waals surface area contributed by atoms with Gasteiger partial charge in [0.25, 0.3) is 0 Å². The minimum Gasteiger partial charge on any atom is -0.437 e. The lowest BCUT2D eigenvalue weighted by Gasteiger charge is -2.21. The molecule has 1 saturated carbocycles. The summed E-state index contributed by atoms with van der Waals surface area (Å²) in [7, 11) is 2.13. The monoisotopic (exact) mass is 407 g/mol. The van der Waals surface area contributed by atoms with Crippen LogP contribution in [-0.4, -0.2) is 4.98 Å². The highest BCUT2D eigenvalue weighted by Gasteiger charge is 2.24. The van der Waals surface area contributed by atoms with Crippen LogP contribution in [0.1, 0.15) is 49.1 Å². The van der Waals surface area contributed by atoms with Crippen molar-refractivity contribution in [1.29, 1.82) is 0 Å². The molecule has 0 N–H and O–H groups in total. The fraction of sp³-hybridized carbons (Fsp3) is 0.286. The Hall–Kier alpha value is -3.20. The van der Waals surface area contributed by atoms with Crippen molar-refractivity contribution >= 4 is 32.8 Å². The van der Waals surface area contributed by atoms with Crippen LogP contribution < -0.4 is 4.57 Å². The number of pyridine rings is 2. The summed E-state index contributed by atoms with van der Waals surface area (Å²) in [4.78, 5) is 4.65. The van der Waals surface area contributed by atoms with Gasteiger partial charge in [-0.15, -0.1) is 0 Å². The Morgan fingerprint density at radius 2 is 1.81 bits per heavy atom. The summed E-state index contributed by atoms with van der Waals surface area (Å²) in [6.07, 6.45) is 10.8. The zero-order valence-corrected chi connectivity index (χ0v) is 18.2. The second kappa shape index (κ2) is 7.19. The van der Waals surface area contributed by atoms with Gasteiger partial charge in [0.05, 0.1) is 10.9 Å². The number of hydrogen-bond donors (Lipinski definition) is 0. The number of rotatable bonds is 2. The molecule has 0 bridgehead atoms. The SMILES string of the molecule is Cc1ccc2c(oc3ncc4ccccc4c32)c1-c1cc(C2CCCCC2)cc[n+]1C. The van der Waals surface area contributed by atoms with Gasteiger partial charge in [0, 0.05) is 29.1 Å². The number of furan rings is 1. The van der Waals surface area contributed by atoms with E-state index >= 15 is 0 Å². The van der Waals surface area contributed by atoms with Crippen LogP contribution in [0.25, 0.3) is 44.1 Å². The summed E-state index contributed by atoms with van der Waals surface area (Å²) in [5.41, 5.74) is 6.74. The second-order valence-corrected chi connectivity index (χ2v) is 9.05. The maximum absolute atomic E-state index is 6.44. The van der Waals surface area contributed by atoms with Gasteiger partial charge < -0.3 is 4.42 Å². The summed E-state index contributed by atoms with van der Waals surface area (Å²) in [6.45, 7) is 2.18. The Morgan fingerprint density at radius 3 is 2.68 bits per heavy atom. The predicted octanol–water partition coefficient (Wildman–Crippen LogP) is 6.98. The topological polar surface area (TPSA) is 29.9 Å². The maximum atomic E-state index is 6.44. The van der Waals surface area contributed by atoms with Gasteiger partial charge in [-0.05, 0) is 42.2 Å². The molecular weight excluding hydrogens is 380 g/mol. The van der Waals surface area contributed by atoms with Gasteiger partial charge in [-0.25, -0.2) is 9.55 Å². The molecule has 6 rings (SSSR count). The molecule has 0 saturated heterocycles. The van der Waals surface area contributed by atoms with Crippen LogP contribution in [0.3, 0.4) is 0 Å². The van der Waals surface area contributed by atoms with Crippen molar-refractivity contribution in [3.63, 3.8) is 0 Å². The van der Waals surface area contributed by atoms with Gasteiger partial charge in [0.15, 0.2) is 11.8 Å². The van der Waals surface area contributed by atoms with Gasteiger partial charge in [-0.3, -0.25) is 0 Å². The third-order valence-corrected chi connectivity index (χ3v) is 7.11. The van der Waals surface area contributed by atoms with Crippen LogP contribution in [0, 0.1) is 6.92 Å². The fourth-order valence-electron chi connectivity index (χ4n) is 5.41. The first-order valence-corrected chi connectivity index (χ1v) is 11.4. The summed E-state index contributed by atoms with van der Waals surface area (Å²) in [5.74, 6) is 0.675. The number of benzene rings is 2. The van der Waals surface area contributed by atoms with E-state index in [0.717, 1.165) is 21.7 Å². The summed E-state index contributed by atoms with van der Waals surface area (Å²) < 4.78 is 8.67. The highest BCUT2D eigenvalue weighted by Crippen LogP contribution is 2.40. The number of aryl methyl sites for hydroxylation is 2. The standard InChI is InChI=1S/C28H27N2O/c1-18-12-13-23-26-22-11-7-6-10-21(22)17-29-28(26)31-27(23)25(18)24-16-20(14-15-30(24)2)19-8-4-3-5-9-19/h6-7,10-17,19H,3-5,8-9H2,1-2H3/q+1. The molecule has 31 heavy (non-hydrogen) atoms. The average molecular weight is 408 g/mol. The Labute approximate surface area is 182 Å². The highest BCUT2D eigenvalue weighted by molar-refractivity contribution is 6.19. The van der Waals surface area contributed by atoms with Crippen LogP contribution in [0.2, 0.25) is 0 Å². The molecule has 0 atom stereocenters. The Balaban J connectivity index is 1.63. The molecule has 154 valence electrons. The van der Waals surface area contributed by atoms with Gasteiger partial charge in [-0.1, -0.05) is 55.7 Å². The zero-order chi connectivity index (χ0) is 20.9. The van der Waals surface area contributed by atoms with E-state index in [1.165, 1.54) is 59.9 Å². The zero-order valence-electron chi connectivity index (χ0n) is 18.2. The van der Waals surface area contributed by atoms with E-state index in [0.29, 0.717) is 11.6 Å². The third kappa shape index (κ3) is 2.95. The molecule has 1 aliphatic rings. The van der Waals surface area contributed by atoms with Crippen LogP contribution in [0.15, 0.2) is 65.3 Å². The van der Waals surface area contributed by atoms with E-state index in [1.807, 2.05) is 6.20 Å². The van der Waals surface area contributed by atoms with E-state index in [-0.39, 0.29) is 0 Å². The molecule has 3 heterocycles. The molecule has 0 amide bonds. The average Bonchev–Trinajstić information content (AvgIpc) is 3.19. The van der Waals surface area contributed by atoms with Crippen LogP contribution in [-0.2, 0) is 7.05 Å². The van der Waals surface area contributed by atoms with Gasteiger partial charge in [0.2, 0.25) is 11.4 Å².